The number of amides is 1. The maximum Gasteiger partial charge on any atom is 0.279 e. The first-order valence-corrected chi connectivity index (χ1v) is 8.76. The maximum absolute atomic E-state index is 12.4. The van der Waals surface area contributed by atoms with E-state index in [1.165, 1.54) is 14.1 Å². The average molecular weight is 336 g/mol. The van der Waals surface area contributed by atoms with Crippen LogP contribution in [0.15, 0.2) is 24.3 Å². The van der Waals surface area contributed by atoms with Crippen LogP contribution in [-0.4, -0.2) is 56.8 Å². The standard InChI is InChI=1S/C15H20N4O3S/c1-18(2)23(21,22)17-14-6-8-19(9-7-14)15(20)13-5-3-4-12(10-13)11-16/h3-5,10,14,17H,6-9H2,1-2H3. The van der Waals surface area contributed by atoms with Gasteiger partial charge in [0.1, 0.15) is 0 Å². The number of hydrogen-bond acceptors (Lipinski definition) is 4. The van der Waals surface area contributed by atoms with Crippen LogP contribution in [-0.2, 0) is 10.2 Å². The van der Waals surface area contributed by atoms with Crippen molar-refractivity contribution in [3.63, 3.8) is 0 Å². The van der Waals surface area contributed by atoms with Gasteiger partial charge in [-0.25, -0.2) is 0 Å². The summed E-state index contributed by atoms with van der Waals surface area (Å²) in [5.41, 5.74) is 0.931. The van der Waals surface area contributed by atoms with Crippen LogP contribution in [0.1, 0.15) is 28.8 Å². The van der Waals surface area contributed by atoms with Crippen molar-refractivity contribution in [2.24, 2.45) is 0 Å². The lowest BCUT2D eigenvalue weighted by molar-refractivity contribution is 0.0711. The van der Waals surface area contributed by atoms with Gasteiger partial charge in [0.25, 0.3) is 16.1 Å². The van der Waals surface area contributed by atoms with Crippen LogP contribution in [0.25, 0.3) is 0 Å². The molecule has 1 aromatic carbocycles. The molecule has 1 aliphatic rings. The highest BCUT2D eigenvalue weighted by Gasteiger charge is 2.27. The van der Waals surface area contributed by atoms with Gasteiger partial charge in [-0.15, -0.1) is 0 Å². The summed E-state index contributed by atoms with van der Waals surface area (Å²) in [6, 6.07) is 8.44. The molecule has 1 N–H and O–H groups in total. The molecule has 1 saturated heterocycles. The number of nitrogens with zero attached hydrogens (tertiary/aromatic N) is 3. The van der Waals surface area contributed by atoms with Gasteiger partial charge in [0.15, 0.2) is 0 Å². The Morgan fingerprint density at radius 3 is 2.57 bits per heavy atom. The molecule has 1 aromatic rings. The summed E-state index contributed by atoms with van der Waals surface area (Å²) in [7, 11) is -0.502. The molecule has 8 heteroatoms. The van der Waals surface area contributed by atoms with Gasteiger partial charge in [-0.3, -0.25) is 4.79 Å². The SMILES string of the molecule is CN(C)S(=O)(=O)NC1CCN(C(=O)c2cccc(C#N)c2)CC1. The summed E-state index contributed by atoms with van der Waals surface area (Å²) in [5.74, 6) is -0.129. The molecule has 23 heavy (non-hydrogen) atoms. The lowest BCUT2D eigenvalue weighted by Crippen LogP contribution is -2.49. The molecule has 0 aliphatic carbocycles. The number of rotatable bonds is 4. The summed E-state index contributed by atoms with van der Waals surface area (Å²) in [4.78, 5) is 14.1. The Labute approximate surface area is 136 Å². The molecular weight excluding hydrogens is 316 g/mol. The molecule has 1 amide bonds. The van der Waals surface area contributed by atoms with Gasteiger partial charge >= 0.3 is 0 Å². The molecule has 0 bridgehead atoms. The monoisotopic (exact) mass is 336 g/mol. The van der Waals surface area contributed by atoms with E-state index in [0.717, 1.165) is 4.31 Å². The van der Waals surface area contributed by atoms with E-state index in [0.29, 0.717) is 37.1 Å². The van der Waals surface area contributed by atoms with E-state index < -0.39 is 10.2 Å². The normalized spacial score (nSPS) is 16.3. The molecular formula is C15H20N4O3S. The van der Waals surface area contributed by atoms with Gasteiger partial charge in [0, 0.05) is 38.8 Å². The Morgan fingerprint density at radius 2 is 2.00 bits per heavy atom. The molecule has 0 aromatic heterocycles. The highest BCUT2D eigenvalue weighted by atomic mass is 32.2. The molecule has 0 radical (unpaired) electrons. The lowest BCUT2D eigenvalue weighted by atomic mass is 10.0. The van der Waals surface area contributed by atoms with Crippen LogP contribution in [0.4, 0.5) is 0 Å². The average Bonchev–Trinajstić information content (AvgIpc) is 2.54. The molecule has 0 spiro atoms. The van der Waals surface area contributed by atoms with Crippen molar-refractivity contribution in [1.82, 2.24) is 13.9 Å². The lowest BCUT2D eigenvalue weighted by Gasteiger charge is -2.32. The van der Waals surface area contributed by atoms with Gasteiger partial charge in [-0.05, 0) is 31.0 Å². The van der Waals surface area contributed by atoms with Crippen molar-refractivity contribution in [2.45, 2.75) is 18.9 Å². The molecule has 1 heterocycles. The van der Waals surface area contributed by atoms with Crippen molar-refractivity contribution in [2.75, 3.05) is 27.2 Å². The number of carbonyl (C=O) groups excluding carboxylic acids is 1. The second kappa shape index (κ2) is 7.08. The molecule has 0 saturated carbocycles. The van der Waals surface area contributed by atoms with Crippen molar-refractivity contribution in [3.05, 3.63) is 35.4 Å². The predicted octanol–water partition coefficient (Wildman–Crippen LogP) is 0.559. The molecule has 124 valence electrons. The fourth-order valence-corrected chi connectivity index (χ4v) is 3.29. The van der Waals surface area contributed by atoms with E-state index in [1.807, 2.05) is 6.07 Å². The molecule has 1 aliphatic heterocycles. The predicted molar refractivity (Wildman–Crippen MR) is 85.8 cm³/mol. The fourth-order valence-electron chi connectivity index (χ4n) is 2.42. The number of nitriles is 1. The third-order valence-corrected chi connectivity index (χ3v) is 5.41. The van der Waals surface area contributed by atoms with E-state index in [2.05, 4.69) is 4.72 Å². The first-order valence-electron chi connectivity index (χ1n) is 7.32. The van der Waals surface area contributed by atoms with Crippen LogP contribution in [0.2, 0.25) is 0 Å². The Morgan fingerprint density at radius 1 is 1.35 bits per heavy atom. The second-order valence-electron chi connectivity index (χ2n) is 5.66. The fraction of sp³-hybridized carbons (Fsp3) is 0.467. The van der Waals surface area contributed by atoms with Gasteiger partial charge in [-0.1, -0.05) is 6.07 Å². The smallest absolute Gasteiger partial charge is 0.279 e. The molecule has 0 unspecified atom stereocenters. The minimum atomic E-state index is -3.45. The third-order valence-electron chi connectivity index (χ3n) is 3.82. The van der Waals surface area contributed by atoms with E-state index in [9.17, 15) is 13.2 Å². The minimum absolute atomic E-state index is 0.129. The van der Waals surface area contributed by atoms with Crippen molar-refractivity contribution < 1.29 is 13.2 Å². The van der Waals surface area contributed by atoms with E-state index in [1.54, 1.807) is 29.2 Å². The highest BCUT2D eigenvalue weighted by Crippen LogP contribution is 2.15. The van der Waals surface area contributed by atoms with E-state index >= 15 is 0 Å². The van der Waals surface area contributed by atoms with Gasteiger partial charge < -0.3 is 4.90 Å². The largest absolute Gasteiger partial charge is 0.339 e. The number of nitrogens with one attached hydrogen (secondary N) is 1. The topological polar surface area (TPSA) is 93.5 Å². The number of hydrogen-bond donors (Lipinski definition) is 1. The van der Waals surface area contributed by atoms with Crippen LogP contribution >= 0.6 is 0 Å². The van der Waals surface area contributed by atoms with Crippen molar-refractivity contribution in [3.8, 4) is 6.07 Å². The number of piperidine rings is 1. The molecule has 1 fully saturated rings. The maximum atomic E-state index is 12.4. The number of benzene rings is 1. The van der Waals surface area contributed by atoms with Gasteiger partial charge in [0.05, 0.1) is 11.6 Å². The quantitative estimate of drug-likeness (QED) is 0.869. The first kappa shape index (κ1) is 17.4. The summed E-state index contributed by atoms with van der Waals surface area (Å²) >= 11 is 0. The second-order valence-corrected chi connectivity index (χ2v) is 7.58. The van der Waals surface area contributed by atoms with Gasteiger partial charge in [0.2, 0.25) is 0 Å². The van der Waals surface area contributed by atoms with Crippen LogP contribution < -0.4 is 4.72 Å². The Hall–Kier alpha value is -1.95. The third kappa shape index (κ3) is 4.28. The molecule has 0 atom stereocenters. The van der Waals surface area contributed by atoms with Crippen LogP contribution in [0, 0.1) is 11.3 Å². The minimum Gasteiger partial charge on any atom is -0.339 e. The summed E-state index contributed by atoms with van der Waals surface area (Å²) in [5, 5.41) is 8.90. The zero-order valence-corrected chi connectivity index (χ0v) is 14.0. The zero-order chi connectivity index (χ0) is 17.0. The first-order chi connectivity index (χ1) is 10.8. The number of likely N-dealkylation sites (tertiary alicyclic amines) is 1. The van der Waals surface area contributed by atoms with E-state index in [-0.39, 0.29) is 11.9 Å². The molecule has 7 nitrogen and oxygen atoms in total. The summed E-state index contributed by atoms with van der Waals surface area (Å²) < 4.78 is 27.4. The Bertz CT molecular complexity index is 716. The summed E-state index contributed by atoms with van der Waals surface area (Å²) in [6.45, 7) is 0.965. The van der Waals surface area contributed by atoms with Crippen LogP contribution in [0.3, 0.4) is 0 Å². The van der Waals surface area contributed by atoms with Gasteiger partial charge in [-0.2, -0.15) is 22.7 Å². The molecule has 2 rings (SSSR count). The Kier molecular flexibility index (Phi) is 5.36. The van der Waals surface area contributed by atoms with Crippen molar-refractivity contribution >= 4 is 16.1 Å². The zero-order valence-electron chi connectivity index (χ0n) is 13.2. The number of carbonyl (C=O) groups is 1. The summed E-state index contributed by atoms with van der Waals surface area (Å²) in [6.07, 6.45) is 1.13. The van der Waals surface area contributed by atoms with Crippen LogP contribution in [0.5, 0.6) is 0 Å². The highest BCUT2D eigenvalue weighted by molar-refractivity contribution is 7.87. The van der Waals surface area contributed by atoms with Crippen molar-refractivity contribution in [1.29, 1.82) is 5.26 Å². The Balaban J connectivity index is 1.96. The van der Waals surface area contributed by atoms with E-state index in [4.69, 9.17) is 5.26 Å².